The Hall–Kier alpha value is -0.0800. The Morgan fingerprint density at radius 2 is 2.00 bits per heavy atom. The highest BCUT2D eigenvalue weighted by Crippen LogP contribution is 2.46. The maximum atomic E-state index is 6.19. The third-order valence-corrected chi connectivity index (χ3v) is 3.34. The second kappa shape index (κ2) is 2.46. The zero-order chi connectivity index (χ0) is 8.82. The molecular formula is C10H19NO. The maximum absolute atomic E-state index is 6.19. The summed E-state index contributed by atoms with van der Waals surface area (Å²) in [4.78, 5) is 0. The molecule has 0 aromatic rings. The molecule has 0 bridgehead atoms. The van der Waals surface area contributed by atoms with Crippen LogP contribution in [0.1, 0.15) is 39.5 Å². The van der Waals surface area contributed by atoms with E-state index < -0.39 is 0 Å². The third-order valence-electron chi connectivity index (χ3n) is 3.34. The van der Waals surface area contributed by atoms with E-state index in [-0.39, 0.29) is 11.1 Å². The molecule has 0 amide bonds. The molecule has 2 heteroatoms. The van der Waals surface area contributed by atoms with Crippen LogP contribution in [0.3, 0.4) is 0 Å². The van der Waals surface area contributed by atoms with Gasteiger partial charge in [-0.15, -0.1) is 0 Å². The van der Waals surface area contributed by atoms with E-state index in [9.17, 15) is 0 Å². The van der Waals surface area contributed by atoms with Gasteiger partial charge in [-0.3, -0.25) is 0 Å². The van der Waals surface area contributed by atoms with Crippen molar-refractivity contribution in [3.05, 3.63) is 0 Å². The molecule has 0 aromatic heterocycles. The van der Waals surface area contributed by atoms with Gasteiger partial charge >= 0.3 is 0 Å². The van der Waals surface area contributed by atoms with Gasteiger partial charge in [0.15, 0.2) is 0 Å². The lowest BCUT2D eigenvalue weighted by molar-refractivity contribution is -0.0782. The molecule has 2 fully saturated rings. The Bertz CT molecular complexity index is 184. The Morgan fingerprint density at radius 3 is 2.50 bits per heavy atom. The van der Waals surface area contributed by atoms with E-state index >= 15 is 0 Å². The molecule has 1 heterocycles. The summed E-state index contributed by atoms with van der Waals surface area (Å²) in [6, 6.07) is 0. The molecule has 70 valence electrons. The van der Waals surface area contributed by atoms with Crippen LogP contribution in [0, 0.1) is 5.92 Å². The number of hydrogen-bond donors (Lipinski definition) is 1. The molecule has 1 saturated heterocycles. The van der Waals surface area contributed by atoms with Gasteiger partial charge in [-0.1, -0.05) is 0 Å². The predicted molar refractivity (Wildman–Crippen MR) is 48.9 cm³/mol. The standard InChI is InChI=1S/C10H19NO/c1-9(2)7-8(3-6-12-9)10(11)4-5-10/h8H,3-7,11H2,1-2H3/t8-/m0/s1. The van der Waals surface area contributed by atoms with Crippen molar-refractivity contribution in [1.29, 1.82) is 0 Å². The quantitative estimate of drug-likeness (QED) is 0.648. The van der Waals surface area contributed by atoms with E-state index in [1.54, 1.807) is 0 Å². The molecule has 1 aliphatic heterocycles. The van der Waals surface area contributed by atoms with E-state index in [1.165, 1.54) is 19.3 Å². The summed E-state index contributed by atoms with van der Waals surface area (Å²) in [7, 11) is 0. The second-order valence-corrected chi connectivity index (χ2v) is 5.03. The number of nitrogens with two attached hydrogens (primary N) is 1. The number of hydrogen-bond acceptors (Lipinski definition) is 2. The fraction of sp³-hybridized carbons (Fsp3) is 1.00. The van der Waals surface area contributed by atoms with Crippen LogP contribution in [0.4, 0.5) is 0 Å². The van der Waals surface area contributed by atoms with Gasteiger partial charge < -0.3 is 10.5 Å². The van der Waals surface area contributed by atoms with Crippen molar-refractivity contribution in [2.75, 3.05) is 6.61 Å². The molecule has 2 aliphatic rings. The summed E-state index contributed by atoms with van der Waals surface area (Å²) in [6.07, 6.45) is 4.77. The summed E-state index contributed by atoms with van der Waals surface area (Å²) in [5, 5.41) is 0. The van der Waals surface area contributed by atoms with Crippen molar-refractivity contribution in [3.63, 3.8) is 0 Å². The SMILES string of the molecule is CC1(C)C[C@@H](C2(N)CC2)CCO1. The molecule has 1 saturated carbocycles. The van der Waals surface area contributed by atoms with E-state index in [0.29, 0.717) is 5.92 Å². The van der Waals surface area contributed by atoms with Gasteiger partial charge in [0.05, 0.1) is 5.60 Å². The molecule has 0 spiro atoms. The van der Waals surface area contributed by atoms with Gasteiger partial charge in [0, 0.05) is 12.1 Å². The monoisotopic (exact) mass is 169 g/mol. The minimum Gasteiger partial charge on any atom is -0.376 e. The molecule has 2 rings (SSSR count). The lowest BCUT2D eigenvalue weighted by Crippen LogP contribution is -2.43. The molecule has 2 N–H and O–H groups in total. The second-order valence-electron chi connectivity index (χ2n) is 5.03. The smallest absolute Gasteiger partial charge is 0.0629 e. The van der Waals surface area contributed by atoms with Crippen LogP contribution in [-0.4, -0.2) is 17.7 Å². The largest absolute Gasteiger partial charge is 0.376 e. The molecule has 0 aromatic carbocycles. The van der Waals surface area contributed by atoms with Crippen LogP contribution in [0.15, 0.2) is 0 Å². The van der Waals surface area contributed by atoms with Crippen molar-refractivity contribution >= 4 is 0 Å². The first-order valence-electron chi connectivity index (χ1n) is 4.95. The topological polar surface area (TPSA) is 35.2 Å². The van der Waals surface area contributed by atoms with Crippen molar-refractivity contribution < 1.29 is 4.74 Å². The van der Waals surface area contributed by atoms with Crippen molar-refractivity contribution in [3.8, 4) is 0 Å². The Labute approximate surface area is 74.5 Å². The normalized spacial score (nSPS) is 37.8. The first kappa shape index (κ1) is 8.52. The zero-order valence-corrected chi connectivity index (χ0v) is 8.10. The number of ether oxygens (including phenoxy) is 1. The van der Waals surface area contributed by atoms with Crippen LogP contribution >= 0.6 is 0 Å². The van der Waals surface area contributed by atoms with E-state index in [2.05, 4.69) is 13.8 Å². The Balaban J connectivity index is 1.99. The van der Waals surface area contributed by atoms with Crippen LogP contribution < -0.4 is 5.73 Å². The summed E-state index contributed by atoms with van der Waals surface area (Å²) < 4.78 is 5.66. The summed E-state index contributed by atoms with van der Waals surface area (Å²) >= 11 is 0. The van der Waals surface area contributed by atoms with E-state index in [4.69, 9.17) is 10.5 Å². The Kier molecular flexibility index (Phi) is 1.74. The molecular weight excluding hydrogens is 150 g/mol. The van der Waals surface area contributed by atoms with E-state index in [1.807, 2.05) is 0 Å². The first-order chi connectivity index (χ1) is 5.52. The fourth-order valence-corrected chi connectivity index (χ4v) is 2.28. The van der Waals surface area contributed by atoms with E-state index in [0.717, 1.165) is 13.0 Å². The highest BCUT2D eigenvalue weighted by Gasteiger charge is 2.48. The average molecular weight is 169 g/mol. The molecule has 2 nitrogen and oxygen atoms in total. The van der Waals surface area contributed by atoms with Gasteiger partial charge in [0.1, 0.15) is 0 Å². The predicted octanol–water partition coefficient (Wildman–Crippen LogP) is 1.68. The van der Waals surface area contributed by atoms with Gasteiger partial charge in [0.25, 0.3) is 0 Å². The highest BCUT2D eigenvalue weighted by atomic mass is 16.5. The van der Waals surface area contributed by atoms with Crippen LogP contribution in [0.5, 0.6) is 0 Å². The van der Waals surface area contributed by atoms with Crippen LogP contribution in [-0.2, 0) is 4.74 Å². The van der Waals surface area contributed by atoms with Crippen LogP contribution in [0.25, 0.3) is 0 Å². The number of rotatable bonds is 1. The van der Waals surface area contributed by atoms with Crippen molar-refractivity contribution in [2.24, 2.45) is 11.7 Å². The van der Waals surface area contributed by atoms with Gasteiger partial charge in [0.2, 0.25) is 0 Å². The lowest BCUT2D eigenvalue weighted by atomic mass is 9.82. The van der Waals surface area contributed by atoms with Crippen molar-refractivity contribution in [2.45, 2.75) is 50.7 Å². The van der Waals surface area contributed by atoms with Crippen molar-refractivity contribution in [1.82, 2.24) is 0 Å². The summed E-state index contributed by atoms with van der Waals surface area (Å²) in [6.45, 7) is 5.24. The molecule has 12 heavy (non-hydrogen) atoms. The molecule has 1 atom stereocenters. The minimum absolute atomic E-state index is 0.0673. The first-order valence-corrected chi connectivity index (χ1v) is 4.95. The zero-order valence-electron chi connectivity index (χ0n) is 8.10. The summed E-state index contributed by atoms with van der Waals surface area (Å²) in [5.74, 6) is 0.709. The highest BCUT2D eigenvalue weighted by molar-refractivity contribution is 5.06. The third kappa shape index (κ3) is 1.50. The molecule has 1 aliphatic carbocycles. The maximum Gasteiger partial charge on any atom is 0.0629 e. The minimum atomic E-state index is 0.0673. The van der Waals surface area contributed by atoms with Gasteiger partial charge in [-0.25, -0.2) is 0 Å². The summed E-state index contributed by atoms with van der Waals surface area (Å²) in [5.41, 5.74) is 6.45. The Morgan fingerprint density at radius 1 is 1.33 bits per heavy atom. The average Bonchev–Trinajstić information content (AvgIpc) is 2.67. The fourth-order valence-electron chi connectivity index (χ4n) is 2.28. The molecule has 0 unspecified atom stereocenters. The van der Waals surface area contributed by atoms with Gasteiger partial charge in [-0.2, -0.15) is 0 Å². The van der Waals surface area contributed by atoms with Crippen LogP contribution in [0.2, 0.25) is 0 Å². The lowest BCUT2D eigenvalue weighted by Gasteiger charge is -2.38. The molecule has 0 radical (unpaired) electrons. The van der Waals surface area contributed by atoms with Gasteiger partial charge in [-0.05, 0) is 45.4 Å².